The van der Waals surface area contributed by atoms with Gasteiger partial charge >= 0.3 is 12.0 Å². The minimum Gasteiger partial charge on any atom is -0.480 e. The van der Waals surface area contributed by atoms with E-state index in [9.17, 15) is 14.4 Å². The van der Waals surface area contributed by atoms with E-state index in [0.717, 1.165) is 11.0 Å². The average molecular weight is 387 g/mol. The first-order chi connectivity index (χ1) is 13.3. The Morgan fingerprint density at radius 3 is 2.57 bits per heavy atom. The van der Waals surface area contributed by atoms with Crippen molar-refractivity contribution in [1.29, 1.82) is 0 Å². The molecule has 0 saturated heterocycles. The van der Waals surface area contributed by atoms with Gasteiger partial charge in [-0.3, -0.25) is 14.5 Å². The van der Waals surface area contributed by atoms with Crippen molar-refractivity contribution in [2.24, 2.45) is 5.92 Å². The van der Waals surface area contributed by atoms with Crippen LogP contribution >= 0.6 is 0 Å². The lowest BCUT2D eigenvalue weighted by atomic mass is 9.98. The molecule has 0 radical (unpaired) electrons. The Balaban J connectivity index is 1.78. The number of aliphatic carboxylic acids is 1. The van der Waals surface area contributed by atoms with Gasteiger partial charge < -0.3 is 20.3 Å². The molecule has 28 heavy (non-hydrogen) atoms. The summed E-state index contributed by atoms with van der Waals surface area (Å²) in [5.41, 5.74) is 1.76. The monoisotopic (exact) mass is 387 g/mol. The predicted molar refractivity (Wildman–Crippen MR) is 104 cm³/mol. The van der Waals surface area contributed by atoms with E-state index in [-0.39, 0.29) is 5.92 Å². The first kappa shape index (κ1) is 19.7. The van der Waals surface area contributed by atoms with Crippen molar-refractivity contribution in [3.05, 3.63) is 24.3 Å². The predicted octanol–water partition coefficient (Wildman–Crippen LogP) is 1.57. The van der Waals surface area contributed by atoms with Gasteiger partial charge in [-0.2, -0.15) is 0 Å². The van der Waals surface area contributed by atoms with Crippen molar-refractivity contribution in [2.75, 3.05) is 11.4 Å². The second-order valence-electron chi connectivity index (χ2n) is 7.09. The number of para-hydroxylation sites is 2. The van der Waals surface area contributed by atoms with Crippen LogP contribution in [0.25, 0.3) is 11.0 Å². The van der Waals surface area contributed by atoms with Crippen molar-refractivity contribution < 1.29 is 19.5 Å². The summed E-state index contributed by atoms with van der Waals surface area (Å²) in [5, 5.41) is 14.2. The zero-order chi connectivity index (χ0) is 20.4. The highest BCUT2D eigenvalue weighted by Crippen LogP contribution is 2.27. The number of nitrogens with zero attached hydrogens (tertiary/aromatic N) is 3. The standard InChI is InChI=1S/C19H25N5O4/c1-4-11(2)15(16(25)20-12(3)17(26)27)22-19(28)24-10-9-23-14-8-6-5-7-13(14)21-18(23)24/h5-8,11-12,15H,4,9-10H2,1-3H3,(H,20,25)(H,22,28)(H,26,27)/t11?,12-,15+/m1/s1. The number of benzene rings is 1. The van der Waals surface area contributed by atoms with Crippen molar-refractivity contribution in [3.63, 3.8) is 0 Å². The molecule has 9 heteroatoms. The molecule has 3 atom stereocenters. The summed E-state index contributed by atoms with van der Waals surface area (Å²) in [4.78, 5) is 42.6. The summed E-state index contributed by atoms with van der Waals surface area (Å²) in [7, 11) is 0. The number of carbonyl (C=O) groups excluding carboxylic acids is 2. The number of rotatable bonds is 6. The average Bonchev–Trinajstić information content (AvgIpc) is 3.24. The Kier molecular flexibility index (Phi) is 5.53. The smallest absolute Gasteiger partial charge is 0.325 e. The Labute approximate surface area is 162 Å². The van der Waals surface area contributed by atoms with Crippen LogP contribution in [0.15, 0.2) is 24.3 Å². The number of carboxylic acids is 1. The Morgan fingerprint density at radius 2 is 1.89 bits per heavy atom. The van der Waals surface area contributed by atoms with Crippen LogP contribution in [0.3, 0.4) is 0 Å². The fourth-order valence-electron chi connectivity index (χ4n) is 3.26. The number of anilines is 1. The number of carbonyl (C=O) groups is 3. The summed E-state index contributed by atoms with van der Waals surface area (Å²) >= 11 is 0. The molecule has 0 saturated carbocycles. The summed E-state index contributed by atoms with van der Waals surface area (Å²) in [5.74, 6) is -1.26. The lowest BCUT2D eigenvalue weighted by Crippen LogP contribution is -2.56. The molecule has 1 aliphatic heterocycles. The largest absolute Gasteiger partial charge is 0.480 e. The zero-order valence-corrected chi connectivity index (χ0v) is 16.2. The number of imidazole rings is 1. The molecule has 1 unspecified atom stereocenters. The van der Waals surface area contributed by atoms with Crippen molar-refractivity contribution >= 4 is 34.9 Å². The van der Waals surface area contributed by atoms with Gasteiger partial charge in [0, 0.05) is 13.1 Å². The number of urea groups is 1. The van der Waals surface area contributed by atoms with Crippen molar-refractivity contribution in [1.82, 2.24) is 20.2 Å². The molecule has 2 heterocycles. The number of aromatic nitrogens is 2. The van der Waals surface area contributed by atoms with Gasteiger partial charge in [-0.1, -0.05) is 32.4 Å². The summed E-state index contributed by atoms with van der Waals surface area (Å²) in [6, 6.07) is 5.37. The third-order valence-electron chi connectivity index (χ3n) is 5.17. The van der Waals surface area contributed by atoms with E-state index in [0.29, 0.717) is 25.5 Å². The van der Waals surface area contributed by atoms with Crippen LogP contribution in [0.4, 0.5) is 10.7 Å². The molecule has 1 aromatic heterocycles. The van der Waals surface area contributed by atoms with Crippen molar-refractivity contribution in [3.8, 4) is 0 Å². The van der Waals surface area contributed by atoms with Gasteiger partial charge in [-0.05, 0) is 25.0 Å². The lowest BCUT2D eigenvalue weighted by Gasteiger charge is -2.26. The molecular weight excluding hydrogens is 362 g/mol. The molecule has 0 aliphatic carbocycles. The van der Waals surface area contributed by atoms with Crippen LogP contribution < -0.4 is 15.5 Å². The molecule has 1 aliphatic rings. The number of fused-ring (bicyclic) bond motifs is 3. The van der Waals surface area contributed by atoms with E-state index in [1.165, 1.54) is 11.8 Å². The van der Waals surface area contributed by atoms with E-state index in [4.69, 9.17) is 5.11 Å². The van der Waals surface area contributed by atoms with Crippen LogP contribution in [0.1, 0.15) is 27.2 Å². The molecule has 0 bridgehead atoms. The molecular formula is C19H25N5O4. The number of hydrogen-bond acceptors (Lipinski definition) is 4. The maximum absolute atomic E-state index is 12.9. The number of hydrogen-bond donors (Lipinski definition) is 3. The van der Waals surface area contributed by atoms with Crippen LogP contribution in [0.2, 0.25) is 0 Å². The van der Waals surface area contributed by atoms with Crippen LogP contribution in [0.5, 0.6) is 0 Å². The van der Waals surface area contributed by atoms with Gasteiger partial charge in [0.25, 0.3) is 0 Å². The molecule has 0 fully saturated rings. The van der Waals surface area contributed by atoms with Gasteiger partial charge in [0.2, 0.25) is 11.9 Å². The third kappa shape index (κ3) is 3.64. The van der Waals surface area contributed by atoms with Crippen molar-refractivity contribution in [2.45, 2.75) is 45.8 Å². The highest BCUT2D eigenvalue weighted by atomic mass is 16.4. The molecule has 1 aromatic carbocycles. The Morgan fingerprint density at radius 1 is 1.18 bits per heavy atom. The van der Waals surface area contributed by atoms with Gasteiger partial charge in [-0.15, -0.1) is 0 Å². The molecule has 0 spiro atoms. The second-order valence-corrected chi connectivity index (χ2v) is 7.09. The fourth-order valence-corrected chi connectivity index (χ4v) is 3.26. The molecule has 3 amide bonds. The maximum atomic E-state index is 12.9. The summed E-state index contributed by atoms with van der Waals surface area (Å²) in [6.07, 6.45) is 0.651. The number of carboxylic acid groups (broad SMARTS) is 1. The molecule has 150 valence electrons. The molecule has 3 rings (SSSR count). The first-order valence-corrected chi connectivity index (χ1v) is 9.40. The topological polar surface area (TPSA) is 117 Å². The normalized spacial score (nSPS) is 16.3. The van der Waals surface area contributed by atoms with E-state index < -0.39 is 30.0 Å². The van der Waals surface area contributed by atoms with E-state index in [1.54, 1.807) is 0 Å². The number of nitrogens with one attached hydrogen (secondary N) is 2. The Bertz CT molecular complexity index is 909. The Hall–Kier alpha value is -3.10. The lowest BCUT2D eigenvalue weighted by molar-refractivity contribution is -0.141. The highest BCUT2D eigenvalue weighted by Gasteiger charge is 2.33. The summed E-state index contributed by atoms with van der Waals surface area (Å²) in [6.45, 7) is 6.22. The van der Waals surface area contributed by atoms with Crippen LogP contribution in [0, 0.1) is 5.92 Å². The second kappa shape index (κ2) is 7.87. The maximum Gasteiger partial charge on any atom is 0.325 e. The minimum absolute atomic E-state index is 0.161. The molecule has 2 aromatic rings. The number of amides is 3. The van der Waals surface area contributed by atoms with Gasteiger partial charge in [0.05, 0.1) is 11.0 Å². The van der Waals surface area contributed by atoms with E-state index >= 15 is 0 Å². The molecule has 3 N–H and O–H groups in total. The van der Waals surface area contributed by atoms with Gasteiger partial charge in [0.1, 0.15) is 12.1 Å². The SMILES string of the molecule is CCC(C)[C@H](NC(=O)N1CCn2c1nc1ccccc12)C(=O)N[C@H](C)C(=O)O. The van der Waals surface area contributed by atoms with E-state index in [2.05, 4.69) is 15.6 Å². The minimum atomic E-state index is -1.13. The quantitative estimate of drug-likeness (QED) is 0.696. The molecule has 9 nitrogen and oxygen atoms in total. The fraction of sp³-hybridized carbons (Fsp3) is 0.474. The zero-order valence-electron chi connectivity index (χ0n) is 16.2. The van der Waals surface area contributed by atoms with E-state index in [1.807, 2.05) is 42.7 Å². The van der Waals surface area contributed by atoms with Crippen LogP contribution in [-0.4, -0.2) is 51.2 Å². The highest BCUT2D eigenvalue weighted by molar-refractivity contribution is 5.97. The third-order valence-corrected chi connectivity index (χ3v) is 5.17. The summed E-state index contributed by atoms with van der Waals surface area (Å²) < 4.78 is 1.97. The van der Waals surface area contributed by atoms with Gasteiger partial charge in [0.15, 0.2) is 0 Å². The van der Waals surface area contributed by atoms with Crippen LogP contribution in [-0.2, 0) is 16.1 Å². The first-order valence-electron chi connectivity index (χ1n) is 9.40. The van der Waals surface area contributed by atoms with Gasteiger partial charge in [-0.25, -0.2) is 9.78 Å².